The van der Waals surface area contributed by atoms with Gasteiger partial charge >= 0.3 is 107 Å². The monoisotopic (exact) mass is 1150 g/mol. The molecule has 0 unspecified atom stereocenters. The average molecular weight is 1150 g/mol. The maximum Gasteiger partial charge on any atom is 0.460 e. The van der Waals surface area contributed by atoms with Crippen LogP contribution < -0.4 is 0 Å². The Morgan fingerprint density at radius 2 is 0.323 bits per heavy atom. The van der Waals surface area contributed by atoms with Crippen molar-refractivity contribution in [3.05, 3.63) is 0 Å². The maximum absolute atomic E-state index is 14.4. The first-order chi connectivity index (χ1) is 27.4. The van der Waals surface area contributed by atoms with E-state index in [4.69, 9.17) is 0 Å². The molecule has 0 bridgehead atoms. The zero-order chi connectivity index (χ0) is 53.7. The van der Waals surface area contributed by atoms with Crippen molar-refractivity contribution in [2.45, 2.75) is 145 Å². The summed E-state index contributed by atoms with van der Waals surface area (Å²) in [5, 5.41) is 0. The number of alkyl halides is 39. The molecule has 392 valence electrons. The Hall–Kier alpha value is -2.03. The van der Waals surface area contributed by atoms with Gasteiger partial charge in [-0.3, -0.25) is 0 Å². The van der Waals surface area contributed by atoms with Gasteiger partial charge in [0, 0.05) is 19.3 Å². The van der Waals surface area contributed by atoms with Gasteiger partial charge in [0.2, 0.25) is 0 Å². The van der Waals surface area contributed by atoms with E-state index in [-0.39, 0.29) is 0 Å². The summed E-state index contributed by atoms with van der Waals surface area (Å²) in [4.78, 5) is 0. The number of halogens is 40. The van der Waals surface area contributed by atoms with Crippen molar-refractivity contribution in [3.63, 3.8) is 0 Å². The first-order valence-corrected chi connectivity index (χ1v) is 19.8. The van der Waals surface area contributed by atoms with Gasteiger partial charge in [0.05, 0.1) is 0 Å². The first-order valence-electron chi connectivity index (χ1n) is 14.9. The van der Waals surface area contributed by atoms with Crippen molar-refractivity contribution in [1.82, 2.24) is 0 Å². The third-order valence-electron chi connectivity index (χ3n) is 8.66. The minimum Gasteiger partial charge on any atom is -0.200 e. The lowest BCUT2D eigenvalue weighted by Crippen LogP contribution is -2.70. The van der Waals surface area contributed by atoms with Gasteiger partial charge in [0.25, 0.3) is 0 Å². The standard InChI is InChI=1S/C24H12BrF39Si/c25-65(4-1-7(26,27)10(32,33)13(38,39)16(44,45)19(50,51)22(56,57)58,5-2-8(28,29)11(34,35)14(40,41)17(46,47)20(52,53)23(59,60)61)6-3-9(30,31)12(36,37)15(42,43)18(48,49)21(54,55)24(62,63)64/h1-6H2. The Bertz CT molecular complexity index is 1450. The fourth-order valence-corrected chi connectivity index (χ4v) is 9.22. The summed E-state index contributed by atoms with van der Waals surface area (Å²) in [6, 6.07) is -9.81. The number of hydrogen-bond acceptors (Lipinski definition) is 0. The van der Waals surface area contributed by atoms with Crippen LogP contribution in [0, 0.1) is 0 Å². The van der Waals surface area contributed by atoms with Crippen LogP contribution >= 0.6 is 15.3 Å². The summed E-state index contributed by atoms with van der Waals surface area (Å²) >= 11 is 1.38. The molecular weight excluding hydrogens is 1140 g/mol. The maximum atomic E-state index is 14.4. The quantitative estimate of drug-likeness (QED) is 0.0610. The van der Waals surface area contributed by atoms with Crippen LogP contribution in [0.1, 0.15) is 19.3 Å². The molecule has 0 heterocycles. The van der Waals surface area contributed by atoms with E-state index in [1.807, 2.05) is 0 Å². The van der Waals surface area contributed by atoms with Crippen molar-refractivity contribution >= 4 is 22.0 Å². The summed E-state index contributed by atoms with van der Waals surface area (Å²) in [5.41, 5.74) is 0. The normalized spacial score (nSPS) is 17.0. The molecule has 0 saturated carbocycles. The molecule has 0 aromatic heterocycles. The van der Waals surface area contributed by atoms with Crippen molar-refractivity contribution in [3.8, 4) is 0 Å². The third kappa shape index (κ3) is 9.40. The second-order valence-corrected chi connectivity index (χ2v) is 22.0. The molecule has 0 aromatic carbocycles. The highest BCUT2D eigenvalue weighted by Gasteiger charge is 2.93. The van der Waals surface area contributed by atoms with E-state index in [0.29, 0.717) is 0 Å². The molecule has 0 radical (unpaired) electrons. The lowest BCUT2D eigenvalue weighted by molar-refractivity contribution is -0.440. The van der Waals surface area contributed by atoms with Crippen LogP contribution in [0.4, 0.5) is 171 Å². The average Bonchev–Trinajstić information content (AvgIpc) is 3.06. The summed E-state index contributed by atoms with van der Waals surface area (Å²) < 4.78 is 525. The highest BCUT2D eigenvalue weighted by atomic mass is 79.9. The zero-order valence-corrected chi connectivity index (χ0v) is 31.4. The summed E-state index contributed by atoms with van der Waals surface area (Å²) in [6.45, 7) is -6.74. The van der Waals surface area contributed by atoms with Crippen molar-refractivity contribution in [2.75, 3.05) is 0 Å². The molecule has 0 saturated heterocycles. The Kier molecular flexibility index (Phi) is 16.0. The van der Waals surface area contributed by atoms with Crippen LogP contribution in [0.5, 0.6) is 0 Å². The van der Waals surface area contributed by atoms with Gasteiger partial charge in [0.15, 0.2) is 0 Å². The van der Waals surface area contributed by atoms with Crippen molar-refractivity contribution in [2.24, 2.45) is 0 Å². The van der Waals surface area contributed by atoms with Gasteiger partial charge in [-0.15, -0.1) is 15.3 Å². The Morgan fingerprint density at radius 3 is 0.446 bits per heavy atom. The second-order valence-electron chi connectivity index (χ2n) is 13.2. The SMILES string of the molecule is FC(F)(F)C(F)(F)C(F)(F)C(F)(F)C(F)(F)C(F)(F)CC[Si](Br)(CCC(F)(F)C(F)(F)C(F)(F)C(F)(F)C(F)(F)C(F)(F)F)CCC(F)(F)C(F)(F)C(F)(F)C(F)(F)C(F)(F)C(F)(F)F. The highest BCUT2D eigenvalue weighted by molar-refractivity contribution is 9.26. The molecule has 0 N–H and O–H groups in total. The molecule has 0 rings (SSSR count). The molecule has 0 amide bonds. The second kappa shape index (κ2) is 16.6. The molecule has 0 aliphatic rings. The molecule has 0 nitrogen and oxygen atoms in total. The first kappa shape index (κ1) is 63.0. The molecule has 65 heavy (non-hydrogen) atoms. The minimum atomic E-state index is -8.84. The largest absolute Gasteiger partial charge is 0.460 e. The van der Waals surface area contributed by atoms with E-state index in [1.54, 1.807) is 0 Å². The highest BCUT2D eigenvalue weighted by Crippen LogP contribution is 2.65. The molecular formula is C24H12BrF39Si. The molecule has 0 aliphatic carbocycles. The smallest absolute Gasteiger partial charge is 0.200 e. The van der Waals surface area contributed by atoms with Crippen LogP contribution in [0.3, 0.4) is 0 Å². The van der Waals surface area contributed by atoms with E-state index >= 15 is 0 Å². The molecule has 41 heteroatoms. The minimum absolute atomic E-state index is 1.38. The van der Waals surface area contributed by atoms with Crippen LogP contribution in [0.25, 0.3) is 0 Å². The van der Waals surface area contributed by atoms with Crippen LogP contribution in [0.15, 0.2) is 0 Å². The summed E-state index contributed by atoms with van der Waals surface area (Å²) in [5.74, 6) is -127. The van der Waals surface area contributed by atoms with E-state index in [2.05, 4.69) is 0 Å². The van der Waals surface area contributed by atoms with Gasteiger partial charge in [0.1, 0.15) is 6.69 Å². The fourth-order valence-electron chi connectivity index (χ4n) is 4.40. The lowest BCUT2D eigenvalue weighted by atomic mass is 9.93. The van der Waals surface area contributed by atoms with Crippen LogP contribution in [-0.2, 0) is 0 Å². The lowest BCUT2D eigenvalue weighted by Gasteiger charge is -2.41. The van der Waals surface area contributed by atoms with Gasteiger partial charge in [-0.25, -0.2) is 0 Å². The zero-order valence-electron chi connectivity index (χ0n) is 28.9. The summed E-state index contributed by atoms with van der Waals surface area (Å²) in [7, 11) is 0. The third-order valence-corrected chi connectivity index (χ3v) is 15.7. The summed E-state index contributed by atoms with van der Waals surface area (Å²) in [6.07, 6.45) is -36.4. The van der Waals surface area contributed by atoms with E-state index in [0.717, 1.165) is 0 Å². The number of rotatable bonds is 21. The van der Waals surface area contributed by atoms with Crippen LogP contribution in [0.2, 0.25) is 18.1 Å². The molecule has 0 aromatic rings. The van der Waals surface area contributed by atoms with Gasteiger partial charge in [-0.05, 0) is 18.1 Å². The Labute approximate surface area is 338 Å². The van der Waals surface area contributed by atoms with Crippen molar-refractivity contribution < 1.29 is 171 Å². The van der Waals surface area contributed by atoms with E-state index < -0.39 is 151 Å². The van der Waals surface area contributed by atoms with Gasteiger partial charge in [-0.2, -0.15) is 171 Å². The molecule has 0 spiro atoms. The van der Waals surface area contributed by atoms with Crippen LogP contribution in [-0.4, -0.2) is 114 Å². The molecule has 0 atom stereocenters. The molecule has 0 fully saturated rings. The van der Waals surface area contributed by atoms with E-state index in [1.165, 1.54) is 15.3 Å². The Balaban J connectivity index is 7.70. The van der Waals surface area contributed by atoms with Gasteiger partial charge in [-0.1, -0.05) is 0 Å². The van der Waals surface area contributed by atoms with Gasteiger partial charge < -0.3 is 0 Å². The van der Waals surface area contributed by atoms with Crippen molar-refractivity contribution in [1.29, 1.82) is 0 Å². The predicted octanol–water partition coefficient (Wildman–Crippen LogP) is 15.7. The predicted molar refractivity (Wildman–Crippen MR) is 135 cm³/mol. The molecule has 0 aliphatic heterocycles. The number of hydrogen-bond donors (Lipinski definition) is 0. The topological polar surface area (TPSA) is 0 Å². The van der Waals surface area contributed by atoms with E-state index in [9.17, 15) is 171 Å². The fraction of sp³-hybridized carbons (Fsp3) is 1.00. The Morgan fingerprint density at radius 1 is 0.200 bits per heavy atom.